The Hall–Kier alpha value is -4.12. The van der Waals surface area contributed by atoms with Crippen LogP contribution in [0.1, 0.15) is 24.0 Å². The Balaban J connectivity index is 1.39. The van der Waals surface area contributed by atoms with Gasteiger partial charge in [-0.25, -0.2) is 10.9 Å². The number of ether oxygens (including phenoxy) is 4. The summed E-state index contributed by atoms with van der Waals surface area (Å²) in [5.41, 5.74) is 6.68. The standard InChI is InChI=1S/C26H33N5O6/c1-34-21-7-5-18(13-23(21)36-3)15-27-29-25(32)17-31-11-9-20(10-12-31)26(33)30-28-16-19-6-8-22(35-2)24(14-19)37-4/h5-8,13-16,20H,9-12,17H2,1-4H3,(H,29,32)(H,30,33)/b27-15-,28-16-. The number of carbonyl (C=O) groups is 2. The van der Waals surface area contributed by atoms with Crippen molar-refractivity contribution in [3.63, 3.8) is 0 Å². The van der Waals surface area contributed by atoms with Crippen molar-refractivity contribution in [2.75, 3.05) is 48.1 Å². The molecule has 0 unspecified atom stereocenters. The van der Waals surface area contributed by atoms with Crippen LogP contribution in [-0.2, 0) is 9.59 Å². The molecule has 0 aliphatic carbocycles. The van der Waals surface area contributed by atoms with Gasteiger partial charge in [-0.2, -0.15) is 10.2 Å². The number of piperidine rings is 1. The second-order valence-electron chi connectivity index (χ2n) is 8.31. The molecule has 198 valence electrons. The molecule has 3 rings (SSSR count). The molecule has 0 spiro atoms. The molecule has 0 atom stereocenters. The lowest BCUT2D eigenvalue weighted by molar-refractivity contribution is -0.126. The number of hydrogen-bond acceptors (Lipinski definition) is 9. The van der Waals surface area contributed by atoms with Crippen LogP contribution in [0.25, 0.3) is 0 Å². The highest BCUT2D eigenvalue weighted by molar-refractivity contribution is 5.85. The Morgan fingerprint density at radius 2 is 1.30 bits per heavy atom. The minimum absolute atomic E-state index is 0.139. The Morgan fingerprint density at radius 1 is 0.811 bits per heavy atom. The van der Waals surface area contributed by atoms with Gasteiger partial charge >= 0.3 is 0 Å². The molecular formula is C26H33N5O6. The van der Waals surface area contributed by atoms with Crippen molar-refractivity contribution in [2.45, 2.75) is 12.8 Å². The normalized spacial score (nSPS) is 14.5. The van der Waals surface area contributed by atoms with Gasteiger partial charge in [-0.3, -0.25) is 14.5 Å². The van der Waals surface area contributed by atoms with E-state index in [2.05, 4.69) is 21.1 Å². The third kappa shape index (κ3) is 7.94. The third-order valence-corrected chi connectivity index (χ3v) is 5.93. The molecule has 0 saturated carbocycles. The van der Waals surface area contributed by atoms with Crippen LogP contribution < -0.4 is 29.8 Å². The molecule has 2 aromatic rings. The number of amides is 2. The average molecular weight is 512 g/mol. The first-order valence-electron chi connectivity index (χ1n) is 11.8. The molecule has 37 heavy (non-hydrogen) atoms. The second-order valence-corrected chi connectivity index (χ2v) is 8.31. The van der Waals surface area contributed by atoms with Crippen molar-refractivity contribution in [3.8, 4) is 23.0 Å². The number of nitrogens with one attached hydrogen (secondary N) is 2. The van der Waals surface area contributed by atoms with E-state index in [0.29, 0.717) is 48.9 Å². The van der Waals surface area contributed by atoms with E-state index in [-0.39, 0.29) is 24.3 Å². The van der Waals surface area contributed by atoms with Gasteiger partial charge in [0.25, 0.3) is 5.91 Å². The van der Waals surface area contributed by atoms with E-state index in [1.54, 1.807) is 65.1 Å². The summed E-state index contributed by atoms with van der Waals surface area (Å²) in [7, 11) is 6.25. The van der Waals surface area contributed by atoms with Gasteiger partial charge in [-0.05, 0) is 73.5 Å². The molecule has 2 aromatic carbocycles. The number of carbonyl (C=O) groups excluding carboxylic acids is 2. The van der Waals surface area contributed by atoms with Crippen molar-refractivity contribution >= 4 is 24.2 Å². The first-order chi connectivity index (χ1) is 18.0. The van der Waals surface area contributed by atoms with Crippen LogP contribution in [0.4, 0.5) is 0 Å². The Morgan fingerprint density at radius 3 is 1.78 bits per heavy atom. The average Bonchev–Trinajstić information content (AvgIpc) is 2.93. The van der Waals surface area contributed by atoms with E-state index in [1.165, 1.54) is 0 Å². The highest BCUT2D eigenvalue weighted by Gasteiger charge is 2.25. The Kier molecular flexibility index (Phi) is 10.3. The Bertz CT molecular complexity index is 1130. The monoisotopic (exact) mass is 511 g/mol. The molecule has 1 fully saturated rings. The number of likely N-dealkylation sites (tertiary alicyclic amines) is 1. The lowest BCUT2D eigenvalue weighted by Crippen LogP contribution is -2.43. The number of nitrogens with zero attached hydrogens (tertiary/aromatic N) is 3. The molecule has 0 aromatic heterocycles. The van der Waals surface area contributed by atoms with Crippen molar-refractivity contribution < 1.29 is 28.5 Å². The minimum atomic E-state index is -0.223. The SMILES string of the molecule is COc1ccc(/C=N\NC(=O)CN2CCC(C(=O)N/N=C\c3ccc(OC)c(OC)c3)CC2)cc1OC. The summed E-state index contributed by atoms with van der Waals surface area (Å²) in [4.78, 5) is 26.8. The van der Waals surface area contributed by atoms with E-state index in [1.807, 2.05) is 17.0 Å². The van der Waals surface area contributed by atoms with Gasteiger partial charge in [0, 0.05) is 5.92 Å². The van der Waals surface area contributed by atoms with Crippen molar-refractivity contribution in [1.82, 2.24) is 15.8 Å². The van der Waals surface area contributed by atoms with Crippen LogP contribution in [-0.4, -0.2) is 77.2 Å². The molecule has 11 heteroatoms. The highest BCUT2D eigenvalue weighted by Crippen LogP contribution is 2.27. The molecule has 2 amide bonds. The van der Waals surface area contributed by atoms with Crippen LogP contribution in [0.3, 0.4) is 0 Å². The van der Waals surface area contributed by atoms with Gasteiger partial charge in [0.15, 0.2) is 23.0 Å². The summed E-state index contributed by atoms with van der Waals surface area (Å²) >= 11 is 0. The fourth-order valence-electron chi connectivity index (χ4n) is 3.90. The molecular weight excluding hydrogens is 478 g/mol. The zero-order chi connectivity index (χ0) is 26.6. The van der Waals surface area contributed by atoms with Crippen LogP contribution in [0, 0.1) is 5.92 Å². The summed E-state index contributed by atoms with van der Waals surface area (Å²) in [6.45, 7) is 1.46. The minimum Gasteiger partial charge on any atom is -0.493 e. The van der Waals surface area contributed by atoms with Gasteiger partial charge in [0.05, 0.1) is 47.4 Å². The summed E-state index contributed by atoms with van der Waals surface area (Å²) < 4.78 is 21.0. The maximum absolute atomic E-state index is 12.5. The van der Waals surface area contributed by atoms with E-state index >= 15 is 0 Å². The second kappa shape index (κ2) is 13.8. The number of hydrazone groups is 2. The van der Waals surface area contributed by atoms with Crippen LogP contribution in [0.2, 0.25) is 0 Å². The van der Waals surface area contributed by atoms with Crippen LogP contribution >= 0.6 is 0 Å². The third-order valence-electron chi connectivity index (χ3n) is 5.93. The molecule has 1 aliphatic heterocycles. The maximum atomic E-state index is 12.5. The molecule has 2 N–H and O–H groups in total. The van der Waals surface area contributed by atoms with Gasteiger partial charge < -0.3 is 18.9 Å². The van der Waals surface area contributed by atoms with E-state index in [0.717, 1.165) is 11.1 Å². The zero-order valence-electron chi connectivity index (χ0n) is 21.5. The lowest BCUT2D eigenvalue weighted by Gasteiger charge is -2.30. The summed E-state index contributed by atoms with van der Waals surface area (Å²) in [5.74, 6) is 1.88. The van der Waals surface area contributed by atoms with Crippen molar-refractivity contribution in [3.05, 3.63) is 47.5 Å². The van der Waals surface area contributed by atoms with Crippen molar-refractivity contribution in [1.29, 1.82) is 0 Å². The largest absolute Gasteiger partial charge is 0.493 e. The molecule has 0 radical (unpaired) electrons. The predicted octanol–water partition coefficient (Wildman–Crippen LogP) is 2.03. The first-order valence-corrected chi connectivity index (χ1v) is 11.8. The molecule has 1 heterocycles. The first kappa shape index (κ1) is 27.5. The summed E-state index contributed by atoms with van der Waals surface area (Å²) in [6, 6.07) is 10.7. The molecule has 0 bridgehead atoms. The molecule has 1 aliphatic rings. The van der Waals surface area contributed by atoms with E-state index < -0.39 is 0 Å². The van der Waals surface area contributed by atoms with Crippen molar-refractivity contribution in [2.24, 2.45) is 16.1 Å². The van der Waals surface area contributed by atoms with Gasteiger partial charge in [-0.1, -0.05) is 0 Å². The van der Waals surface area contributed by atoms with E-state index in [4.69, 9.17) is 18.9 Å². The number of benzene rings is 2. The Labute approximate surface area is 216 Å². The number of methoxy groups -OCH3 is 4. The quantitative estimate of drug-likeness (QED) is 0.350. The molecule has 11 nitrogen and oxygen atoms in total. The van der Waals surface area contributed by atoms with Crippen LogP contribution in [0.15, 0.2) is 46.6 Å². The predicted molar refractivity (Wildman–Crippen MR) is 140 cm³/mol. The van der Waals surface area contributed by atoms with Crippen LogP contribution in [0.5, 0.6) is 23.0 Å². The summed E-state index contributed by atoms with van der Waals surface area (Å²) in [6.07, 6.45) is 4.38. The van der Waals surface area contributed by atoms with Gasteiger partial charge in [-0.15, -0.1) is 0 Å². The fraction of sp³-hybridized carbons (Fsp3) is 0.385. The lowest BCUT2D eigenvalue weighted by atomic mass is 9.96. The maximum Gasteiger partial charge on any atom is 0.254 e. The topological polar surface area (TPSA) is 123 Å². The smallest absolute Gasteiger partial charge is 0.254 e. The number of hydrogen-bond donors (Lipinski definition) is 2. The zero-order valence-corrected chi connectivity index (χ0v) is 21.5. The van der Waals surface area contributed by atoms with Gasteiger partial charge in [0.1, 0.15) is 0 Å². The van der Waals surface area contributed by atoms with E-state index in [9.17, 15) is 9.59 Å². The van der Waals surface area contributed by atoms with Gasteiger partial charge in [0.2, 0.25) is 5.91 Å². The fourth-order valence-corrected chi connectivity index (χ4v) is 3.90. The number of rotatable bonds is 11. The molecule has 1 saturated heterocycles. The highest BCUT2D eigenvalue weighted by atomic mass is 16.5. The summed E-state index contributed by atoms with van der Waals surface area (Å²) in [5, 5.41) is 8.08.